The lowest BCUT2D eigenvalue weighted by Crippen LogP contribution is -3.00. The van der Waals surface area contributed by atoms with Crippen molar-refractivity contribution in [2.45, 2.75) is 26.3 Å². The number of hydrogen-bond donors (Lipinski definition) is 1. The van der Waals surface area contributed by atoms with Crippen LogP contribution in [0, 0.1) is 0 Å². The first kappa shape index (κ1) is 16.1. The maximum absolute atomic E-state index is 11.3. The van der Waals surface area contributed by atoms with Gasteiger partial charge in [0.2, 0.25) is 0 Å². The minimum Gasteiger partial charge on any atom is -1.00 e. The van der Waals surface area contributed by atoms with Gasteiger partial charge in [0.15, 0.2) is 6.54 Å². The predicted octanol–water partition coefficient (Wildman–Crippen LogP) is -1.95. The highest BCUT2D eigenvalue weighted by Gasteiger charge is 2.24. The molecule has 0 spiro atoms. The fourth-order valence-corrected chi connectivity index (χ4v) is 1.54. The summed E-state index contributed by atoms with van der Waals surface area (Å²) in [5.41, 5.74) is 1.10. The van der Waals surface area contributed by atoms with E-state index in [0.717, 1.165) is 0 Å². The number of carbonyl (C=O) groups excluding carboxylic acids is 1. The minimum atomic E-state index is -0.161. The van der Waals surface area contributed by atoms with Crippen LogP contribution in [0.4, 0.5) is 0 Å². The molecule has 0 unspecified atom stereocenters. The maximum atomic E-state index is 11.3. The molecule has 4 heteroatoms. The molecule has 0 aliphatic rings. The molecule has 0 saturated carbocycles. The number of nitrogens with two attached hydrogens (primary N) is 1. The van der Waals surface area contributed by atoms with E-state index in [1.165, 1.54) is 5.56 Å². The molecule has 17 heavy (non-hydrogen) atoms. The van der Waals surface area contributed by atoms with Gasteiger partial charge in [-0.05, 0) is 20.8 Å². The van der Waals surface area contributed by atoms with Crippen LogP contribution in [-0.4, -0.2) is 19.1 Å². The van der Waals surface area contributed by atoms with Crippen molar-refractivity contribution in [1.82, 2.24) is 0 Å². The second kappa shape index (κ2) is 7.45. The lowest BCUT2D eigenvalue weighted by Gasteiger charge is -2.22. The molecule has 96 valence electrons. The molecule has 0 heterocycles. The van der Waals surface area contributed by atoms with E-state index < -0.39 is 0 Å². The standard InChI is InChI=1S/C13H19NO2.BrH/c1-4-16-12(15)10-14-13(2,3)11-8-6-5-7-9-11;/h5-9,14H,4,10H2,1-3H3;1H. The Hall–Kier alpha value is -0.870. The summed E-state index contributed by atoms with van der Waals surface area (Å²) in [6, 6.07) is 10.2. The van der Waals surface area contributed by atoms with E-state index in [4.69, 9.17) is 4.74 Å². The summed E-state index contributed by atoms with van der Waals surface area (Å²) in [7, 11) is 0. The van der Waals surface area contributed by atoms with E-state index in [0.29, 0.717) is 13.2 Å². The number of ether oxygens (including phenoxy) is 1. The quantitative estimate of drug-likeness (QED) is 0.643. The van der Waals surface area contributed by atoms with Crippen LogP contribution in [0.25, 0.3) is 0 Å². The molecule has 0 aliphatic carbocycles. The molecule has 0 aliphatic heterocycles. The van der Waals surface area contributed by atoms with E-state index in [1.807, 2.05) is 30.4 Å². The van der Waals surface area contributed by atoms with Gasteiger partial charge in [0.05, 0.1) is 6.61 Å². The third kappa shape index (κ3) is 5.33. The number of hydrogen-bond acceptors (Lipinski definition) is 2. The van der Waals surface area contributed by atoms with E-state index in [1.54, 1.807) is 0 Å². The molecular formula is C13H20BrNO2. The highest BCUT2D eigenvalue weighted by molar-refractivity contribution is 5.70. The van der Waals surface area contributed by atoms with Gasteiger partial charge in [-0.1, -0.05) is 30.3 Å². The Labute approximate surface area is 113 Å². The van der Waals surface area contributed by atoms with Gasteiger partial charge >= 0.3 is 5.97 Å². The van der Waals surface area contributed by atoms with Crippen molar-refractivity contribution in [3.05, 3.63) is 35.9 Å². The number of quaternary nitrogens is 1. The molecular weight excluding hydrogens is 282 g/mol. The summed E-state index contributed by atoms with van der Waals surface area (Å²) in [5, 5.41) is 2.00. The third-order valence-electron chi connectivity index (χ3n) is 2.60. The van der Waals surface area contributed by atoms with Crippen LogP contribution in [-0.2, 0) is 15.1 Å². The van der Waals surface area contributed by atoms with Crippen LogP contribution in [0.5, 0.6) is 0 Å². The highest BCUT2D eigenvalue weighted by Crippen LogP contribution is 2.13. The first-order valence-corrected chi connectivity index (χ1v) is 5.62. The molecule has 0 bridgehead atoms. The van der Waals surface area contributed by atoms with Gasteiger partial charge < -0.3 is 27.0 Å². The monoisotopic (exact) mass is 301 g/mol. The van der Waals surface area contributed by atoms with Crippen molar-refractivity contribution in [1.29, 1.82) is 0 Å². The van der Waals surface area contributed by atoms with Crippen molar-refractivity contribution < 1.29 is 31.8 Å². The molecule has 3 nitrogen and oxygen atoms in total. The second-order valence-electron chi connectivity index (χ2n) is 4.30. The Morgan fingerprint density at radius 1 is 1.29 bits per heavy atom. The number of halogens is 1. The smallest absolute Gasteiger partial charge is 0.361 e. The molecule has 2 N–H and O–H groups in total. The molecule has 0 amide bonds. The van der Waals surface area contributed by atoms with Crippen molar-refractivity contribution in [2.75, 3.05) is 13.2 Å². The summed E-state index contributed by atoms with van der Waals surface area (Å²) in [6.45, 7) is 6.82. The molecule has 0 radical (unpaired) electrons. The Kier molecular flexibility index (Phi) is 7.07. The Balaban J connectivity index is 0.00000256. The average Bonchev–Trinajstić information content (AvgIpc) is 2.28. The van der Waals surface area contributed by atoms with Crippen LogP contribution < -0.4 is 22.3 Å². The molecule has 1 aromatic rings. The fourth-order valence-electron chi connectivity index (χ4n) is 1.54. The lowest BCUT2D eigenvalue weighted by atomic mass is 9.94. The zero-order valence-corrected chi connectivity index (χ0v) is 12.2. The summed E-state index contributed by atoms with van der Waals surface area (Å²) in [5.74, 6) is -0.161. The Morgan fingerprint density at radius 3 is 2.41 bits per heavy atom. The SMILES string of the molecule is CCOC(=O)C[NH2+]C(C)(C)c1ccccc1.[Br-]. The zero-order chi connectivity index (χ0) is 12.0. The number of benzene rings is 1. The molecule has 1 aromatic carbocycles. The molecule has 0 fully saturated rings. The average molecular weight is 302 g/mol. The van der Waals surface area contributed by atoms with E-state index in [-0.39, 0.29) is 28.5 Å². The van der Waals surface area contributed by atoms with E-state index >= 15 is 0 Å². The van der Waals surface area contributed by atoms with Gasteiger partial charge in [-0.2, -0.15) is 0 Å². The topological polar surface area (TPSA) is 42.9 Å². The summed E-state index contributed by atoms with van der Waals surface area (Å²) < 4.78 is 4.90. The molecule has 1 rings (SSSR count). The number of esters is 1. The van der Waals surface area contributed by atoms with Crippen molar-refractivity contribution >= 4 is 5.97 Å². The van der Waals surface area contributed by atoms with Gasteiger partial charge in [0.25, 0.3) is 0 Å². The third-order valence-corrected chi connectivity index (χ3v) is 2.60. The lowest BCUT2D eigenvalue weighted by molar-refractivity contribution is -0.721. The van der Waals surface area contributed by atoms with E-state index in [2.05, 4.69) is 26.0 Å². The van der Waals surface area contributed by atoms with Crippen LogP contribution in [0.2, 0.25) is 0 Å². The molecule has 0 atom stereocenters. The van der Waals surface area contributed by atoms with Gasteiger partial charge in [-0.3, -0.25) is 0 Å². The number of rotatable bonds is 5. The van der Waals surface area contributed by atoms with Crippen LogP contribution in [0.1, 0.15) is 26.3 Å². The van der Waals surface area contributed by atoms with Crippen LogP contribution >= 0.6 is 0 Å². The highest BCUT2D eigenvalue weighted by atomic mass is 79.9. The molecule has 0 aromatic heterocycles. The van der Waals surface area contributed by atoms with Crippen LogP contribution in [0.15, 0.2) is 30.3 Å². The fraction of sp³-hybridized carbons (Fsp3) is 0.462. The Morgan fingerprint density at radius 2 is 1.88 bits per heavy atom. The van der Waals surface area contributed by atoms with Crippen LogP contribution in [0.3, 0.4) is 0 Å². The Bertz CT molecular complexity index is 339. The first-order valence-electron chi connectivity index (χ1n) is 5.62. The maximum Gasteiger partial charge on any atom is 0.361 e. The summed E-state index contributed by atoms with van der Waals surface area (Å²) >= 11 is 0. The minimum absolute atomic E-state index is 0. The zero-order valence-electron chi connectivity index (χ0n) is 10.6. The second-order valence-corrected chi connectivity index (χ2v) is 4.30. The van der Waals surface area contributed by atoms with Crippen molar-refractivity contribution in [3.63, 3.8) is 0 Å². The van der Waals surface area contributed by atoms with Gasteiger partial charge in [-0.25, -0.2) is 4.79 Å². The van der Waals surface area contributed by atoms with Gasteiger partial charge in [0, 0.05) is 5.56 Å². The van der Waals surface area contributed by atoms with Crippen molar-refractivity contribution in [2.24, 2.45) is 0 Å². The van der Waals surface area contributed by atoms with Gasteiger partial charge in [0.1, 0.15) is 5.54 Å². The van der Waals surface area contributed by atoms with E-state index in [9.17, 15) is 4.79 Å². The number of carbonyl (C=O) groups is 1. The first-order chi connectivity index (χ1) is 7.56. The summed E-state index contributed by atoms with van der Waals surface area (Å²) in [6.07, 6.45) is 0. The predicted molar refractivity (Wildman–Crippen MR) is 62.9 cm³/mol. The van der Waals surface area contributed by atoms with Gasteiger partial charge in [-0.15, -0.1) is 0 Å². The molecule has 0 saturated heterocycles. The summed E-state index contributed by atoms with van der Waals surface area (Å²) in [4.78, 5) is 11.3. The normalized spacial score (nSPS) is 10.5. The van der Waals surface area contributed by atoms with Crippen molar-refractivity contribution in [3.8, 4) is 0 Å². The largest absolute Gasteiger partial charge is 1.00 e.